The molecule has 0 spiro atoms. The highest BCUT2D eigenvalue weighted by Gasteiger charge is 2.34. The van der Waals surface area contributed by atoms with Crippen molar-refractivity contribution in [3.63, 3.8) is 0 Å². The topological polar surface area (TPSA) is 94.2 Å². The predicted molar refractivity (Wildman–Crippen MR) is 131 cm³/mol. The van der Waals surface area contributed by atoms with Crippen molar-refractivity contribution in [2.75, 3.05) is 33.4 Å². The van der Waals surface area contributed by atoms with E-state index < -0.39 is 5.91 Å². The average Bonchev–Trinajstić information content (AvgIpc) is 3.07. The van der Waals surface area contributed by atoms with Crippen LogP contribution in [0.25, 0.3) is 6.08 Å². The molecule has 0 bridgehead atoms. The molecule has 0 aromatic heterocycles. The first-order valence-corrected chi connectivity index (χ1v) is 11.7. The number of rotatable bonds is 10. The number of nitrogens with one attached hydrogen (secondary N) is 1. The van der Waals surface area contributed by atoms with E-state index in [0.717, 1.165) is 27.8 Å². The average molecular weight is 485 g/mol. The number of nitrogens with zero attached hydrogens (tertiary/aromatic N) is 1. The first-order valence-electron chi connectivity index (χ1n) is 10.8. The smallest absolute Gasteiger partial charge is 0.293 e. The number of aryl methyl sites for hydroxylation is 2. The van der Waals surface area contributed by atoms with E-state index in [0.29, 0.717) is 34.3 Å². The fourth-order valence-corrected chi connectivity index (χ4v) is 4.22. The Kier molecular flexibility index (Phi) is 8.59. The largest absolute Gasteiger partial charge is 0.493 e. The van der Waals surface area contributed by atoms with E-state index in [1.165, 1.54) is 7.11 Å². The van der Waals surface area contributed by atoms with E-state index in [2.05, 4.69) is 5.32 Å². The molecule has 9 heteroatoms. The summed E-state index contributed by atoms with van der Waals surface area (Å²) in [6, 6.07) is 11.0. The number of thioether (sulfide) groups is 1. The molecule has 2 aromatic rings. The van der Waals surface area contributed by atoms with Gasteiger partial charge in [-0.15, -0.1) is 0 Å². The van der Waals surface area contributed by atoms with Gasteiger partial charge in [0.05, 0.1) is 18.6 Å². The van der Waals surface area contributed by atoms with Gasteiger partial charge in [0.1, 0.15) is 5.75 Å². The van der Waals surface area contributed by atoms with Gasteiger partial charge in [0, 0.05) is 13.1 Å². The number of methoxy groups -OCH3 is 1. The molecule has 1 fully saturated rings. The molecule has 8 nitrogen and oxygen atoms in total. The van der Waals surface area contributed by atoms with Gasteiger partial charge >= 0.3 is 0 Å². The quantitative estimate of drug-likeness (QED) is 0.511. The number of ether oxygens (including phenoxy) is 3. The highest BCUT2D eigenvalue weighted by Crippen LogP contribution is 2.34. The molecule has 1 aliphatic rings. The number of amides is 3. The summed E-state index contributed by atoms with van der Waals surface area (Å²) in [5, 5.41) is 2.30. The predicted octanol–water partition coefficient (Wildman–Crippen LogP) is 3.94. The van der Waals surface area contributed by atoms with Gasteiger partial charge in [-0.3, -0.25) is 19.3 Å². The Balaban J connectivity index is 1.53. The Bertz CT molecular complexity index is 1110. The Morgan fingerprint density at radius 3 is 2.53 bits per heavy atom. The number of carbonyl (C=O) groups excluding carboxylic acids is 3. The second-order valence-corrected chi connectivity index (χ2v) is 8.58. The van der Waals surface area contributed by atoms with Crippen LogP contribution >= 0.6 is 11.8 Å². The van der Waals surface area contributed by atoms with Gasteiger partial charge in [-0.1, -0.05) is 23.8 Å². The lowest BCUT2D eigenvalue weighted by atomic mass is 10.1. The van der Waals surface area contributed by atoms with Crippen molar-refractivity contribution in [1.82, 2.24) is 10.2 Å². The van der Waals surface area contributed by atoms with Crippen molar-refractivity contribution in [3.8, 4) is 17.2 Å². The van der Waals surface area contributed by atoms with Gasteiger partial charge in [0.2, 0.25) is 0 Å². The maximum atomic E-state index is 12.7. The Hall–Kier alpha value is -3.46. The standard InChI is InChI=1S/C25H28N2O6S/c1-5-32-20-9-7-18(13-21(20)31-4)14-22-24(29)27(25(30)34-22)11-10-26-23(28)15-33-19-8-6-16(2)12-17(19)3/h6-9,12-14H,5,10-11,15H2,1-4H3,(H,26,28)/b22-14-. The highest BCUT2D eigenvalue weighted by atomic mass is 32.2. The Morgan fingerprint density at radius 2 is 1.82 bits per heavy atom. The first-order chi connectivity index (χ1) is 16.3. The van der Waals surface area contributed by atoms with E-state index in [1.807, 2.05) is 39.0 Å². The van der Waals surface area contributed by atoms with Crippen LogP contribution in [-0.4, -0.2) is 55.4 Å². The van der Waals surface area contributed by atoms with E-state index in [4.69, 9.17) is 14.2 Å². The molecule has 1 aliphatic heterocycles. The monoisotopic (exact) mass is 484 g/mol. The molecular formula is C25H28N2O6S. The van der Waals surface area contributed by atoms with Gasteiger partial charge in [-0.25, -0.2) is 0 Å². The summed E-state index contributed by atoms with van der Waals surface area (Å²) in [5.74, 6) is 1.06. The van der Waals surface area contributed by atoms with Crippen molar-refractivity contribution in [2.45, 2.75) is 20.8 Å². The molecule has 34 heavy (non-hydrogen) atoms. The lowest BCUT2D eigenvalue weighted by Crippen LogP contribution is -2.38. The Labute approximate surface area is 203 Å². The number of hydrogen-bond acceptors (Lipinski definition) is 7. The fraction of sp³-hybridized carbons (Fsp3) is 0.320. The molecule has 0 atom stereocenters. The molecule has 3 rings (SSSR count). The van der Waals surface area contributed by atoms with Crippen LogP contribution < -0.4 is 19.5 Å². The summed E-state index contributed by atoms with van der Waals surface area (Å²) in [6.07, 6.45) is 1.64. The highest BCUT2D eigenvalue weighted by molar-refractivity contribution is 8.18. The normalized spacial score (nSPS) is 14.5. The fourth-order valence-electron chi connectivity index (χ4n) is 3.36. The minimum absolute atomic E-state index is 0.0733. The second-order valence-electron chi connectivity index (χ2n) is 7.58. The number of carbonyl (C=O) groups is 3. The van der Waals surface area contributed by atoms with Gasteiger partial charge < -0.3 is 19.5 Å². The molecule has 2 aromatic carbocycles. The van der Waals surface area contributed by atoms with Crippen LogP contribution in [0, 0.1) is 13.8 Å². The van der Waals surface area contributed by atoms with Crippen LogP contribution in [0.2, 0.25) is 0 Å². The molecule has 0 saturated carbocycles. The maximum absolute atomic E-state index is 12.7. The molecule has 0 radical (unpaired) electrons. The molecule has 0 aliphatic carbocycles. The lowest BCUT2D eigenvalue weighted by molar-refractivity contribution is -0.125. The minimum atomic E-state index is -0.399. The molecule has 1 N–H and O–H groups in total. The summed E-state index contributed by atoms with van der Waals surface area (Å²) in [5.41, 5.74) is 2.77. The third kappa shape index (κ3) is 6.32. The van der Waals surface area contributed by atoms with Crippen molar-refractivity contribution < 1.29 is 28.6 Å². The van der Waals surface area contributed by atoms with Crippen molar-refractivity contribution in [1.29, 1.82) is 0 Å². The lowest BCUT2D eigenvalue weighted by Gasteiger charge is -2.14. The van der Waals surface area contributed by atoms with Crippen LogP contribution in [-0.2, 0) is 9.59 Å². The van der Waals surface area contributed by atoms with Gasteiger partial charge in [0.25, 0.3) is 17.1 Å². The molecule has 0 unspecified atom stereocenters. The summed E-state index contributed by atoms with van der Waals surface area (Å²) in [6.45, 7) is 6.34. The van der Waals surface area contributed by atoms with Crippen LogP contribution in [0.3, 0.4) is 0 Å². The second kappa shape index (κ2) is 11.6. The first kappa shape index (κ1) is 25.2. The molecule has 1 saturated heterocycles. The van der Waals surface area contributed by atoms with Gasteiger partial charge in [0.15, 0.2) is 18.1 Å². The summed E-state index contributed by atoms with van der Waals surface area (Å²) in [4.78, 5) is 38.6. The number of benzene rings is 2. The third-order valence-corrected chi connectivity index (χ3v) is 5.91. The SMILES string of the molecule is CCOc1ccc(/C=C2\SC(=O)N(CCNC(=O)COc3ccc(C)cc3C)C2=O)cc1OC. The zero-order chi connectivity index (χ0) is 24.7. The molecule has 180 valence electrons. The third-order valence-electron chi connectivity index (χ3n) is 5.01. The van der Waals surface area contributed by atoms with Crippen LogP contribution in [0.15, 0.2) is 41.3 Å². The zero-order valence-corrected chi connectivity index (χ0v) is 20.5. The summed E-state index contributed by atoms with van der Waals surface area (Å²) >= 11 is 0.863. The van der Waals surface area contributed by atoms with Crippen LogP contribution in [0.5, 0.6) is 17.2 Å². The molecular weight excluding hydrogens is 456 g/mol. The van der Waals surface area contributed by atoms with E-state index in [-0.39, 0.29) is 30.8 Å². The molecule has 3 amide bonds. The van der Waals surface area contributed by atoms with Gasteiger partial charge in [-0.2, -0.15) is 0 Å². The van der Waals surface area contributed by atoms with Crippen molar-refractivity contribution >= 4 is 34.9 Å². The Morgan fingerprint density at radius 1 is 1.06 bits per heavy atom. The van der Waals surface area contributed by atoms with Crippen LogP contribution in [0.1, 0.15) is 23.6 Å². The van der Waals surface area contributed by atoms with Gasteiger partial charge in [-0.05, 0) is 67.9 Å². The number of hydrogen-bond donors (Lipinski definition) is 1. The molecule has 1 heterocycles. The van der Waals surface area contributed by atoms with E-state index in [1.54, 1.807) is 24.3 Å². The zero-order valence-electron chi connectivity index (χ0n) is 19.7. The van der Waals surface area contributed by atoms with Crippen molar-refractivity contribution in [2.24, 2.45) is 0 Å². The van der Waals surface area contributed by atoms with E-state index in [9.17, 15) is 14.4 Å². The maximum Gasteiger partial charge on any atom is 0.293 e. The van der Waals surface area contributed by atoms with Crippen LogP contribution in [0.4, 0.5) is 4.79 Å². The van der Waals surface area contributed by atoms with Crippen molar-refractivity contribution in [3.05, 3.63) is 58.0 Å². The summed E-state index contributed by atoms with van der Waals surface area (Å²) < 4.78 is 16.4. The van der Waals surface area contributed by atoms with E-state index >= 15 is 0 Å². The summed E-state index contributed by atoms with van der Waals surface area (Å²) in [7, 11) is 1.54. The minimum Gasteiger partial charge on any atom is -0.493 e. The number of imide groups is 1.